The van der Waals surface area contributed by atoms with Gasteiger partial charge in [0, 0.05) is 50.9 Å². The van der Waals surface area contributed by atoms with Crippen LogP contribution in [0.15, 0.2) is 12.1 Å². The van der Waals surface area contributed by atoms with Gasteiger partial charge in [-0.05, 0) is 63.9 Å². The summed E-state index contributed by atoms with van der Waals surface area (Å²) >= 11 is 0. The molecular weight excluding hydrogens is 394 g/mol. The maximum atomic E-state index is 9.72. The number of likely N-dealkylation sites (tertiary alicyclic amines) is 1. The van der Waals surface area contributed by atoms with Gasteiger partial charge in [-0.2, -0.15) is 0 Å². The Morgan fingerprint density at radius 3 is 2.13 bits per heavy atom. The summed E-state index contributed by atoms with van der Waals surface area (Å²) in [5, 5.41) is 9.72. The first-order chi connectivity index (χ1) is 15.0. The highest BCUT2D eigenvalue weighted by Gasteiger charge is 2.34. The number of piperidine rings is 1. The average Bonchev–Trinajstić information content (AvgIpc) is 2.79. The van der Waals surface area contributed by atoms with Crippen molar-refractivity contribution in [3.05, 3.63) is 17.7 Å². The number of hydrogen-bond acceptors (Lipinski definition) is 7. The summed E-state index contributed by atoms with van der Waals surface area (Å²) in [5.41, 5.74) is 1.15. The Kier molecular flexibility index (Phi) is 8.84. The van der Waals surface area contributed by atoms with Crippen LogP contribution in [0.3, 0.4) is 0 Å². The zero-order valence-corrected chi connectivity index (χ0v) is 20.0. The van der Waals surface area contributed by atoms with E-state index < -0.39 is 0 Å². The minimum absolute atomic E-state index is 0.240. The van der Waals surface area contributed by atoms with Crippen LogP contribution in [0, 0.1) is 0 Å². The number of ether oxygens (including phenoxy) is 3. The Labute approximate surface area is 187 Å². The normalized spacial score (nSPS) is 22.1. The molecule has 0 bridgehead atoms. The number of benzene rings is 1. The standard InChI is InChI=1S/C24H41N3O4/c1-18(2)26-9-6-20(7-10-26)27-12-11-25(17-21(27)8-13-28)16-19-14-22(29-3)24(31-5)23(15-19)30-4/h14-15,18,20-21,28H,6-13,16-17H2,1-5H3/t21-/m1/s1. The topological polar surface area (TPSA) is 57.6 Å². The molecule has 7 heteroatoms. The Morgan fingerprint density at radius 1 is 0.968 bits per heavy atom. The molecule has 1 N–H and O–H groups in total. The van der Waals surface area contributed by atoms with E-state index >= 15 is 0 Å². The third-order valence-electron chi connectivity index (χ3n) is 6.90. The fraction of sp³-hybridized carbons (Fsp3) is 0.750. The van der Waals surface area contributed by atoms with Crippen molar-refractivity contribution in [1.82, 2.24) is 14.7 Å². The quantitative estimate of drug-likeness (QED) is 0.639. The van der Waals surface area contributed by atoms with E-state index in [1.807, 2.05) is 12.1 Å². The van der Waals surface area contributed by atoms with Gasteiger partial charge >= 0.3 is 0 Å². The molecule has 0 amide bonds. The molecule has 1 atom stereocenters. The predicted molar refractivity (Wildman–Crippen MR) is 123 cm³/mol. The first kappa shape index (κ1) is 24.1. The van der Waals surface area contributed by atoms with Crippen molar-refractivity contribution < 1.29 is 19.3 Å². The molecule has 1 aromatic carbocycles. The summed E-state index contributed by atoms with van der Waals surface area (Å²) in [6.45, 7) is 11.1. The molecule has 2 fully saturated rings. The van der Waals surface area contributed by atoms with Crippen LogP contribution in [0.1, 0.15) is 38.7 Å². The lowest BCUT2D eigenvalue weighted by Gasteiger charge is -2.48. The minimum Gasteiger partial charge on any atom is -0.493 e. The molecule has 0 spiro atoms. The second-order valence-electron chi connectivity index (χ2n) is 9.03. The van der Waals surface area contributed by atoms with Gasteiger partial charge in [-0.15, -0.1) is 0 Å². The van der Waals surface area contributed by atoms with Crippen molar-refractivity contribution in [2.45, 2.75) is 57.8 Å². The van der Waals surface area contributed by atoms with Crippen LogP contribution >= 0.6 is 0 Å². The minimum atomic E-state index is 0.240. The van der Waals surface area contributed by atoms with Gasteiger partial charge < -0.3 is 24.2 Å². The lowest BCUT2D eigenvalue weighted by Crippen LogP contribution is -2.58. The van der Waals surface area contributed by atoms with Gasteiger partial charge in [0.25, 0.3) is 0 Å². The van der Waals surface area contributed by atoms with E-state index in [2.05, 4.69) is 28.5 Å². The smallest absolute Gasteiger partial charge is 0.203 e. The van der Waals surface area contributed by atoms with Crippen LogP contribution in [-0.2, 0) is 6.54 Å². The molecule has 7 nitrogen and oxygen atoms in total. The first-order valence-electron chi connectivity index (χ1n) is 11.6. The number of piperazine rings is 1. The van der Waals surface area contributed by atoms with Gasteiger partial charge in [0.15, 0.2) is 11.5 Å². The highest BCUT2D eigenvalue weighted by Crippen LogP contribution is 2.38. The van der Waals surface area contributed by atoms with Crippen LogP contribution in [0.5, 0.6) is 17.2 Å². The molecule has 176 valence electrons. The highest BCUT2D eigenvalue weighted by molar-refractivity contribution is 5.53. The molecule has 31 heavy (non-hydrogen) atoms. The first-order valence-corrected chi connectivity index (χ1v) is 11.6. The maximum absolute atomic E-state index is 9.72. The Morgan fingerprint density at radius 2 is 1.61 bits per heavy atom. The molecule has 3 rings (SSSR count). The van der Waals surface area contributed by atoms with Gasteiger partial charge in [-0.1, -0.05) is 0 Å². The number of hydrogen-bond donors (Lipinski definition) is 1. The summed E-state index contributed by atoms with van der Waals surface area (Å²) < 4.78 is 16.5. The van der Waals surface area contributed by atoms with Crippen molar-refractivity contribution in [3.63, 3.8) is 0 Å². The molecule has 2 aliphatic heterocycles. The summed E-state index contributed by atoms with van der Waals surface area (Å²) in [6.07, 6.45) is 3.29. The SMILES string of the molecule is COc1cc(CN2CCN(C3CCN(C(C)C)CC3)[C@H](CCO)C2)cc(OC)c1OC. The Hall–Kier alpha value is -1.54. The Bertz CT molecular complexity index is 666. The zero-order valence-electron chi connectivity index (χ0n) is 20.0. The van der Waals surface area contributed by atoms with Crippen molar-refractivity contribution in [1.29, 1.82) is 0 Å². The molecule has 2 heterocycles. The summed E-state index contributed by atoms with van der Waals surface area (Å²) in [5.74, 6) is 2.02. The summed E-state index contributed by atoms with van der Waals surface area (Å²) in [4.78, 5) is 7.75. The number of rotatable bonds is 9. The van der Waals surface area contributed by atoms with Crippen molar-refractivity contribution in [2.75, 3.05) is 60.7 Å². The van der Waals surface area contributed by atoms with Gasteiger partial charge in [0.05, 0.1) is 21.3 Å². The third-order valence-corrected chi connectivity index (χ3v) is 6.90. The molecular formula is C24H41N3O4. The van der Waals surface area contributed by atoms with E-state index in [9.17, 15) is 5.11 Å². The highest BCUT2D eigenvalue weighted by atomic mass is 16.5. The molecule has 0 aliphatic carbocycles. The molecule has 0 radical (unpaired) electrons. The van der Waals surface area contributed by atoms with Crippen LogP contribution in [-0.4, -0.2) is 98.6 Å². The fourth-order valence-corrected chi connectivity index (χ4v) is 5.18. The number of aliphatic hydroxyl groups excluding tert-OH is 1. The Balaban J connectivity index is 1.66. The predicted octanol–water partition coefficient (Wildman–Crippen LogP) is 2.45. The molecule has 0 unspecified atom stereocenters. The zero-order chi connectivity index (χ0) is 22.4. The molecule has 1 aromatic rings. The van der Waals surface area contributed by atoms with Gasteiger partial charge in [0.1, 0.15) is 0 Å². The molecule has 0 saturated carbocycles. The fourth-order valence-electron chi connectivity index (χ4n) is 5.18. The largest absolute Gasteiger partial charge is 0.493 e. The van der Waals surface area contributed by atoms with E-state index in [1.165, 1.54) is 25.9 Å². The number of nitrogens with zero attached hydrogens (tertiary/aromatic N) is 3. The van der Waals surface area contributed by atoms with Crippen molar-refractivity contribution >= 4 is 0 Å². The monoisotopic (exact) mass is 435 g/mol. The number of aliphatic hydroxyl groups is 1. The van der Waals surface area contributed by atoms with Gasteiger partial charge in [-0.3, -0.25) is 9.80 Å². The van der Waals surface area contributed by atoms with Crippen LogP contribution in [0.2, 0.25) is 0 Å². The second kappa shape index (κ2) is 11.4. The van der Waals surface area contributed by atoms with E-state index in [0.29, 0.717) is 35.4 Å². The van der Waals surface area contributed by atoms with Crippen LogP contribution in [0.4, 0.5) is 0 Å². The molecule has 2 aliphatic rings. The van der Waals surface area contributed by atoms with Gasteiger partial charge in [-0.25, -0.2) is 0 Å². The number of methoxy groups -OCH3 is 3. The molecule has 2 saturated heterocycles. The van der Waals surface area contributed by atoms with Crippen molar-refractivity contribution in [3.8, 4) is 17.2 Å². The van der Waals surface area contributed by atoms with E-state index in [1.54, 1.807) is 21.3 Å². The average molecular weight is 436 g/mol. The van der Waals surface area contributed by atoms with Crippen LogP contribution in [0.25, 0.3) is 0 Å². The maximum Gasteiger partial charge on any atom is 0.203 e. The van der Waals surface area contributed by atoms with E-state index in [4.69, 9.17) is 14.2 Å². The third kappa shape index (κ3) is 5.83. The molecule has 0 aromatic heterocycles. The summed E-state index contributed by atoms with van der Waals surface area (Å²) in [7, 11) is 4.94. The summed E-state index contributed by atoms with van der Waals surface area (Å²) in [6, 6.07) is 5.74. The van der Waals surface area contributed by atoms with E-state index in [0.717, 1.165) is 38.2 Å². The van der Waals surface area contributed by atoms with E-state index in [-0.39, 0.29) is 6.61 Å². The van der Waals surface area contributed by atoms with Gasteiger partial charge in [0.2, 0.25) is 5.75 Å². The van der Waals surface area contributed by atoms with Crippen LogP contribution < -0.4 is 14.2 Å². The lowest BCUT2D eigenvalue weighted by atomic mass is 9.97. The lowest BCUT2D eigenvalue weighted by molar-refractivity contribution is -0.0000557. The second-order valence-corrected chi connectivity index (χ2v) is 9.03. The van der Waals surface area contributed by atoms with Crippen molar-refractivity contribution in [2.24, 2.45) is 0 Å².